The second-order valence-corrected chi connectivity index (χ2v) is 9.56. The number of ether oxygens (including phenoxy) is 1. The fourth-order valence-corrected chi connectivity index (χ4v) is 4.33. The Balaban J connectivity index is 1.77. The lowest BCUT2D eigenvalue weighted by molar-refractivity contribution is -0.126. The normalized spacial score (nSPS) is 15.8. The predicted molar refractivity (Wildman–Crippen MR) is 127 cm³/mol. The van der Waals surface area contributed by atoms with Crippen LogP contribution in [0.3, 0.4) is 0 Å². The largest absolute Gasteiger partial charge is 0.444 e. The van der Waals surface area contributed by atoms with Crippen LogP contribution in [-0.4, -0.2) is 57.8 Å². The monoisotopic (exact) mass is 457 g/mol. The van der Waals surface area contributed by atoms with Crippen LogP contribution in [0.2, 0.25) is 0 Å². The summed E-state index contributed by atoms with van der Waals surface area (Å²) in [6.45, 7) is 8.87. The molecule has 0 spiro atoms. The number of hydrogen-bond acceptors (Lipinski definition) is 6. The van der Waals surface area contributed by atoms with Gasteiger partial charge in [-0.3, -0.25) is 19.6 Å². The third-order valence-corrected chi connectivity index (χ3v) is 5.82. The van der Waals surface area contributed by atoms with Gasteiger partial charge in [-0.25, -0.2) is 4.79 Å². The Morgan fingerprint density at radius 1 is 1.27 bits per heavy atom. The van der Waals surface area contributed by atoms with Crippen molar-refractivity contribution >= 4 is 35.0 Å². The molecule has 2 N–H and O–H groups in total. The molecule has 9 heteroatoms. The lowest BCUT2D eigenvalue weighted by atomic mass is 9.95. The number of anilines is 1. The standard InChI is InChI=1S/C24H35N5O4/c1-6-8-18(22(31)25-15-30)20-17-9-7-10-19(21(17)28(5)27-20)26-16-11-13-29(14-12-16)23(32)33-24(2,3)4/h7,9-10,15-16,18,26H,6,8,11-14H2,1-5H3,(H,25,30,31). The quantitative estimate of drug-likeness (QED) is 0.616. The molecule has 1 aliphatic heterocycles. The van der Waals surface area contributed by atoms with Crippen molar-refractivity contribution < 1.29 is 19.1 Å². The number of benzene rings is 1. The highest BCUT2D eigenvalue weighted by Gasteiger charge is 2.29. The number of para-hydroxylation sites is 1. The van der Waals surface area contributed by atoms with E-state index in [1.54, 1.807) is 9.58 Å². The molecule has 1 fully saturated rings. The van der Waals surface area contributed by atoms with Gasteiger partial charge >= 0.3 is 6.09 Å². The number of aryl methyl sites for hydroxylation is 1. The number of likely N-dealkylation sites (tertiary alicyclic amines) is 1. The Labute approximate surface area is 194 Å². The average molecular weight is 458 g/mol. The number of nitrogens with zero attached hydrogens (tertiary/aromatic N) is 3. The van der Waals surface area contributed by atoms with Gasteiger partial charge in [-0.2, -0.15) is 5.10 Å². The van der Waals surface area contributed by atoms with Gasteiger partial charge in [0.05, 0.1) is 22.8 Å². The highest BCUT2D eigenvalue weighted by molar-refractivity contribution is 5.98. The van der Waals surface area contributed by atoms with Crippen LogP contribution < -0.4 is 10.6 Å². The van der Waals surface area contributed by atoms with Crippen LogP contribution in [0.1, 0.15) is 65.0 Å². The number of nitrogens with one attached hydrogen (secondary N) is 2. The number of aromatic nitrogens is 2. The first-order valence-electron chi connectivity index (χ1n) is 11.6. The molecule has 0 bridgehead atoms. The fraction of sp³-hybridized carbons (Fsp3) is 0.583. The summed E-state index contributed by atoms with van der Waals surface area (Å²) in [5.41, 5.74) is 2.03. The Hall–Kier alpha value is -3.10. The third kappa shape index (κ3) is 5.83. The van der Waals surface area contributed by atoms with E-state index in [-0.39, 0.29) is 18.0 Å². The highest BCUT2D eigenvalue weighted by atomic mass is 16.6. The minimum Gasteiger partial charge on any atom is -0.444 e. The number of amides is 3. The number of fused-ring (bicyclic) bond motifs is 1. The van der Waals surface area contributed by atoms with Crippen molar-refractivity contribution in [3.63, 3.8) is 0 Å². The molecule has 1 atom stereocenters. The fourth-order valence-electron chi connectivity index (χ4n) is 4.33. The molecule has 0 radical (unpaired) electrons. The number of carbonyl (C=O) groups excluding carboxylic acids is 3. The van der Waals surface area contributed by atoms with Gasteiger partial charge < -0.3 is 15.0 Å². The highest BCUT2D eigenvalue weighted by Crippen LogP contribution is 2.33. The second kappa shape index (κ2) is 10.2. The number of hydrogen-bond donors (Lipinski definition) is 2. The van der Waals surface area contributed by atoms with Crippen LogP contribution in [0.4, 0.5) is 10.5 Å². The summed E-state index contributed by atoms with van der Waals surface area (Å²) in [6.07, 6.45) is 3.17. The molecule has 2 aromatic rings. The topological polar surface area (TPSA) is 106 Å². The number of piperidine rings is 1. The molecule has 2 heterocycles. The van der Waals surface area contributed by atoms with Gasteiger partial charge in [-0.05, 0) is 46.1 Å². The van der Waals surface area contributed by atoms with E-state index < -0.39 is 11.5 Å². The van der Waals surface area contributed by atoms with Gasteiger partial charge in [0.25, 0.3) is 0 Å². The van der Waals surface area contributed by atoms with Crippen molar-refractivity contribution in [2.45, 2.75) is 70.9 Å². The molecule has 1 unspecified atom stereocenters. The molecule has 180 valence electrons. The summed E-state index contributed by atoms with van der Waals surface area (Å²) in [7, 11) is 1.86. The van der Waals surface area contributed by atoms with Crippen LogP contribution in [0.15, 0.2) is 18.2 Å². The van der Waals surface area contributed by atoms with Crippen molar-refractivity contribution in [3.8, 4) is 0 Å². The van der Waals surface area contributed by atoms with Gasteiger partial charge in [0, 0.05) is 31.6 Å². The first-order chi connectivity index (χ1) is 15.6. The van der Waals surface area contributed by atoms with Crippen molar-refractivity contribution in [1.29, 1.82) is 0 Å². The smallest absolute Gasteiger partial charge is 0.410 e. The summed E-state index contributed by atoms with van der Waals surface area (Å²) in [5.74, 6) is -0.823. The van der Waals surface area contributed by atoms with Crippen LogP contribution in [0.5, 0.6) is 0 Å². The van der Waals surface area contributed by atoms with Crippen LogP contribution in [0.25, 0.3) is 10.9 Å². The zero-order chi connectivity index (χ0) is 24.2. The molecule has 3 rings (SSSR count). The van der Waals surface area contributed by atoms with E-state index in [0.29, 0.717) is 31.6 Å². The van der Waals surface area contributed by atoms with Crippen LogP contribution in [-0.2, 0) is 21.4 Å². The van der Waals surface area contributed by atoms with E-state index in [1.807, 2.05) is 52.9 Å². The molecule has 1 aromatic carbocycles. The van der Waals surface area contributed by atoms with E-state index in [1.165, 1.54) is 0 Å². The molecule has 0 saturated carbocycles. The minimum atomic E-state index is -0.503. The van der Waals surface area contributed by atoms with E-state index in [9.17, 15) is 14.4 Å². The first kappa shape index (κ1) is 24.5. The number of imide groups is 1. The maximum absolute atomic E-state index is 12.5. The maximum Gasteiger partial charge on any atom is 0.410 e. The van der Waals surface area contributed by atoms with E-state index >= 15 is 0 Å². The molecule has 0 aliphatic carbocycles. The van der Waals surface area contributed by atoms with Gasteiger partial charge in [-0.1, -0.05) is 25.5 Å². The van der Waals surface area contributed by atoms with Crippen molar-refractivity contribution in [2.24, 2.45) is 7.05 Å². The molecule has 9 nitrogen and oxygen atoms in total. The van der Waals surface area contributed by atoms with Crippen LogP contribution in [0, 0.1) is 0 Å². The summed E-state index contributed by atoms with van der Waals surface area (Å²) >= 11 is 0. The molecule has 1 saturated heterocycles. The first-order valence-corrected chi connectivity index (χ1v) is 11.6. The Kier molecular flexibility index (Phi) is 7.61. The summed E-state index contributed by atoms with van der Waals surface area (Å²) < 4.78 is 7.28. The zero-order valence-corrected chi connectivity index (χ0v) is 20.2. The SMILES string of the molecule is CCCC(C(=O)NC=O)c1nn(C)c2c(NC3CCN(C(=O)OC(C)(C)C)CC3)cccc12. The van der Waals surface area contributed by atoms with Crippen molar-refractivity contribution in [3.05, 3.63) is 23.9 Å². The van der Waals surface area contributed by atoms with Gasteiger partial charge in [0.2, 0.25) is 12.3 Å². The van der Waals surface area contributed by atoms with Gasteiger partial charge in [0.15, 0.2) is 0 Å². The minimum absolute atomic E-state index is 0.206. The van der Waals surface area contributed by atoms with E-state index in [0.717, 1.165) is 35.9 Å². The predicted octanol–water partition coefficient (Wildman–Crippen LogP) is 3.54. The molecule has 33 heavy (non-hydrogen) atoms. The van der Waals surface area contributed by atoms with Crippen LogP contribution >= 0.6 is 0 Å². The summed E-state index contributed by atoms with van der Waals surface area (Å²) in [5, 5.41) is 11.5. The maximum atomic E-state index is 12.5. The lowest BCUT2D eigenvalue weighted by Gasteiger charge is -2.34. The Morgan fingerprint density at radius 3 is 2.58 bits per heavy atom. The molecule has 1 aromatic heterocycles. The Bertz CT molecular complexity index is 1000. The van der Waals surface area contributed by atoms with E-state index in [2.05, 4.69) is 15.7 Å². The number of carbonyl (C=O) groups is 3. The van der Waals surface area contributed by atoms with Crippen molar-refractivity contribution in [2.75, 3.05) is 18.4 Å². The third-order valence-electron chi connectivity index (χ3n) is 5.82. The zero-order valence-electron chi connectivity index (χ0n) is 20.2. The van der Waals surface area contributed by atoms with E-state index in [4.69, 9.17) is 4.74 Å². The lowest BCUT2D eigenvalue weighted by Crippen LogP contribution is -2.44. The molecular weight excluding hydrogens is 422 g/mol. The summed E-state index contributed by atoms with van der Waals surface area (Å²) in [6, 6.07) is 6.13. The molecule has 1 aliphatic rings. The number of rotatable bonds is 7. The molecular formula is C24H35N5O4. The Morgan fingerprint density at radius 2 is 1.97 bits per heavy atom. The average Bonchev–Trinajstić information content (AvgIpc) is 3.08. The van der Waals surface area contributed by atoms with Gasteiger partial charge in [-0.15, -0.1) is 0 Å². The molecule has 3 amide bonds. The van der Waals surface area contributed by atoms with Crippen molar-refractivity contribution in [1.82, 2.24) is 20.0 Å². The second-order valence-electron chi connectivity index (χ2n) is 9.56. The summed E-state index contributed by atoms with van der Waals surface area (Å²) in [4.78, 5) is 37.4. The van der Waals surface area contributed by atoms with Gasteiger partial charge in [0.1, 0.15) is 5.60 Å².